The van der Waals surface area contributed by atoms with Crippen molar-refractivity contribution in [3.05, 3.63) is 75.6 Å². The summed E-state index contributed by atoms with van der Waals surface area (Å²) in [7, 11) is 2.81. The molecule has 0 saturated heterocycles. The first-order valence-corrected chi connectivity index (χ1v) is 11.0. The lowest BCUT2D eigenvalue weighted by Gasteiger charge is -2.28. The Hall–Kier alpha value is -5.34. The molecule has 168 valence electrons. The second-order valence-electron chi connectivity index (χ2n) is 9.05. The maximum Gasteiger partial charge on any atom is 0.261 e. The number of carbonyl (C=O) groups is 4. The number of amides is 4. The summed E-state index contributed by atoms with van der Waals surface area (Å²) in [6.45, 7) is 7.91. The van der Waals surface area contributed by atoms with E-state index >= 15 is 0 Å². The highest BCUT2D eigenvalue weighted by atomic mass is 16.2. The second kappa shape index (κ2) is 6.21. The van der Waals surface area contributed by atoms with Crippen molar-refractivity contribution >= 4 is 72.4 Å². The lowest BCUT2D eigenvalue weighted by molar-refractivity contribution is 0.0635. The van der Waals surface area contributed by atoms with Gasteiger partial charge in [-0.2, -0.15) is 5.26 Å². The Balaban J connectivity index is 1.87. The third-order valence-corrected chi connectivity index (χ3v) is 7.46. The van der Waals surface area contributed by atoms with E-state index in [1.54, 1.807) is 24.3 Å². The van der Waals surface area contributed by atoms with E-state index in [4.69, 9.17) is 6.57 Å². The largest absolute Gasteiger partial charge is 0.278 e. The minimum Gasteiger partial charge on any atom is -0.278 e. The molecule has 7 rings (SSSR count). The van der Waals surface area contributed by atoms with Crippen molar-refractivity contribution in [2.45, 2.75) is 0 Å². The van der Waals surface area contributed by atoms with Crippen molar-refractivity contribution in [2.75, 3.05) is 14.1 Å². The van der Waals surface area contributed by atoms with Gasteiger partial charge in [-0.15, -0.1) is 0 Å². The van der Waals surface area contributed by atoms with E-state index < -0.39 is 23.6 Å². The molecular weight excluding hydrogens is 456 g/mol. The van der Waals surface area contributed by atoms with Gasteiger partial charge in [-0.05, 0) is 51.2 Å². The van der Waals surface area contributed by atoms with Gasteiger partial charge in [0.05, 0.1) is 18.2 Å². The third kappa shape index (κ3) is 2.00. The number of benzene rings is 5. The van der Waals surface area contributed by atoms with E-state index in [9.17, 15) is 24.4 Å². The summed E-state index contributed by atoms with van der Waals surface area (Å²) in [5.41, 5.74) is 1.56. The summed E-state index contributed by atoms with van der Waals surface area (Å²) in [6, 6.07) is 11.9. The molecule has 0 saturated carbocycles. The molecule has 8 heteroatoms. The zero-order chi connectivity index (χ0) is 25.2. The van der Waals surface area contributed by atoms with E-state index in [0.29, 0.717) is 54.2 Å². The topological polar surface area (TPSA) is 103 Å². The molecule has 0 fully saturated rings. The standard InChI is InChI=1S/C28H12N4O4/c1-30-18-9-17-22-16(27(35)32(3)28(17)36)8-11(10-29)19-12-4-6-14-21-15(26(34)31(2)25(14)33)7-5-13(20(12)21)23(18)24(19)22/h4-9H,2-3H3. The van der Waals surface area contributed by atoms with Crippen LogP contribution in [-0.2, 0) is 0 Å². The number of rotatable bonds is 0. The minimum absolute atomic E-state index is 0.188. The van der Waals surface area contributed by atoms with Crippen molar-refractivity contribution < 1.29 is 19.2 Å². The van der Waals surface area contributed by atoms with Crippen molar-refractivity contribution in [1.82, 2.24) is 9.80 Å². The molecule has 8 nitrogen and oxygen atoms in total. The first kappa shape index (κ1) is 20.1. The Morgan fingerprint density at radius 1 is 0.667 bits per heavy atom. The fourth-order valence-electron chi connectivity index (χ4n) is 5.86. The van der Waals surface area contributed by atoms with Crippen LogP contribution in [0.25, 0.3) is 47.9 Å². The second-order valence-corrected chi connectivity index (χ2v) is 9.05. The van der Waals surface area contributed by atoms with Gasteiger partial charge < -0.3 is 0 Å². The fourth-order valence-corrected chi connectivity index (χ4v) is 5.86. The molecule has 0 N–H and O–H groups in total. The Bertz CT molecular complexity index is 1940. The van der Waals surface area contributed by atoms with Crippen molar-refractivity contribution in [2.24, 2.45) is 0 Å². The highest BCUT2D eigenvalue weighted by molar-refractivity contribution is 6.43. The van der Waals surface area contributed by atoms with E-state index in [-0.39, 0.29) is 22.4 Å². The molecule has 36 heavy (non-hydrogen) atoms. The normalized spacial score (nSPS) is 15.0. The predicted octanol–water partition coefficient (Wildman–Crippen LogP) is 4.61. The van der Waals surface area contributed by atoms with Crippen LogP contribution in [0.5, 0.6) is 0 Å². The van der Waals surface area contributed by atoms with E-state index in [0.717, 1.165) is 9.80 Å². The van der Waals surface area contributed by atoms with Crippen LogP contribution in [0, 0.1) is 17.9 Å². The first-order chi connectivity index (χ1) is 17.3. The highest BCUT2D eigenvalue weighted by Crippen LogP contribution is 2.50. The quantitative estimate of drug-likeness (QED) is 0.143. The van der Waals surface area contributed by atoms with Gasteiger partial charge in [0, 0.05) is 52.5 Å². The molecule has 0 aliphatic carbocycles. The van der Waals surface area contributed by atoms with Crippen LogP contribution in [-0.4, -0.2) is 47.5 Å². The monoisotopic (exact) mass is 468 g/mol. The summed E-state index contributed by atoms with van der Waals surface area (Å²) < 4.78 is 0. The summed E-state index contributed by atoms with van der Waals surface area (Å²) in [5.74, 6) is -1.91. The Kier molecular flexibility index (Phi) is 3.46. The van der Waals surface area contributed by atoms with Crippen LogP contribution in [0.15, 0.2) is 36.4 Å². The summed E-state index contributed by atoms with van der Waals surface area (Å²) in [6.07, 6.45) is 0. The third-order valence-electron chi connectivity index (χ3n) is 7.46. The Morgan fingerprint density at radius 2 is 1.17 bits per heavy atom. The predicted molar refractivity (Wildman–Crippen MR) is 131 cm³/mol. The zero-order valence-electron chi connectivity index (χ0n) is 18.9. The molecule has 2 aliphatic rings. The van der Waals surface area contributed by atoms with E-state index in [2.05, 4.69) is 10.9 Å². The number of hydrogen-bond acceptors (Lipinski definition) is 5. The summed E-state index contributed by atoms with van der Waals surface area (Å²) in [4.78, 5) is 57.9. The van der Waals surface area contributed by atoms with Gasteiger partial charge in [-0.3, -0.25) is 29.0 Å². The molecule has 0 unspecified atom stereocenters. The van der Waals surface area contributed by atoms with Gasteiger partial charge in [0.1, 0.15) is 0 Å². The molecule has 0 spiro atoms. The van der Waals surface area contributed by atoms with Gasteiger partial charge in [-0.25, -0.2) is 4.85 Å². The molecule has 0 aromatic heterocycles. The minimum atomic E-state index is -0.521. The number of fused-ring (bicyclic) bond motifs is 2. The lowest BCUT2D eigenvalue weighted by Crippen LogP contribution is -2.37. The summed E-state index contributed by atoms with van der Waals surface area (Å²) in [5, 5.41) is 14.3. The fraction of sp³-hybridized carbons (Fsp3) is 0.0714. The van der Waals surface area contributed by atoms with E-state index in [1.807, 2.05) is 0 Å². The zero-order valence-corrected chi connectivity index (χ0v) is 18.9. The van der Waals surface area contributed by atoms with Gasteiger partial charge in [-0.1, -0.05) is 12.1 Å². The van der Waals surface area contributed by atoms with Crippen molar-refractivity contribution in [3.63, 3.8) is 0 Å². The van der Waals surface area contributed by atoms with Crippen LogP contribution in [0.4, 0.5) is 5.69 Å². The van der Waals surface area contributed by atoms with Crippen LogP contribution < -0.4 is 0 Å². The maximum absolute atomic E-state index is 13.1. The number of carbonyl (C=O) groups excluding carboxylic acids is 4. The van der Waals surface area contributed by atoms with Gasteiger partial charge in [0.25, 0.3) is 23.6 Å². The van der Waals surface area contributed by atoms with Crippen molar-refractivity contribution in [3.8, 4) is 6.07 Å². The van der Waals surface area contributed by atoms with Gasteiger partial charge >= 0.3 is 0 Å². The molecule has 0 bridgehead atoms. The van der Waals surface area contributed by atoms with Crippen LogP contribution in [0.2, 0.25) is 0 Å². The van der Waals surface area contributed by atoms with Crippen molar-refractivity contribution in [1.29, 1.82) is 5.26 Å². The van der Waals surface area contributed by atoms with E-state index in [1.165, 1.54) is 26.2 Å². The average Bonchev–Trinajstić information content (AvgIpc) is 2.90. The molecule has 2 aliphatic heterocycles. The molecule has 2 heterocycles. The Morgan fingerprint density at radius 3 is 1.72 bits per heavy atom. The van der Waals surface area contributed by atoms with Crippen LogP contribution in [0.3, 0.4) is 0 Å². The smallest absolute Gasteiger partial charge is 0.261 e. The molecule has 5 aromatic rings. The average molecular weight is 468 g/mol. The number of hydrogen-bond donors (Lipinski definition) is 0. The molecular formula is C28H12N4O4. The number of nitrogens with zero attached hydrogens (tertiary/aromatic N) is 4. The molecule has 0 atom stereocenters. The maximum atomic E-state index is 13.1. The van der Waals surface area contributed by atoms with Gasteiger partial charge in [0.2, 0.25) is 0 Å². The first-order valence-electron chi connectivity index (χ1n) is 11.0. The molecule has 5 aromatic carbocycles. The number of nitriles is 1. The Labute approximate surface area is 202 Å². The SMILES string of the molecule is [C-]#[N+]c1cc2c3c(cc(C#N)c4c5ccc6c7c(ccc(c1c34)c75)C(=O)N(C)C6=O)C(=O)N(C)C2=O. The lowest BCUT2D eigenvalue weighted by atomic mass is 9.80. The van der Waals surface area contributed by atoms with Gasteiger partial charge in [0.15, 0.2) is 5.69 Å². The highest BCUT2D eigenvalue weighted by Gasteiger charge is 2.36. The summed E-state index contributed by atoms with van der Waals surface area (Å²) >= 11 is 0. The number of imide groups is 2. The van der Waals surface area contributed by atoms with Crippen LogP contribution in [0.1, 0.15) is 47.0 Å². The molecule has 0 radical (unpaired) electrons. The van der Waals surface area contributed by atoms with Crippen LogP contribution >= 0.6 is 0 Å². The molecule has 4 amide bonds.